The molecule has 1 rings (SSSR count). The van der Waals surface area contributed by atoms with E-state index in [2.05, 4.69) is 44.5 Å². The lowest BCUT2D eigenvalue weighted by Gasteiger charge is -2.51. The number of likely N-dealkylation sites (N-methyl/N-ethyl adjacent to an activating group) is 1. The van der Waals surface area contributed by atoms with E-state index in [4.69, 9.17) is 5.11 Å². The van der Waals surface area contributed by atoms with Gasteiger partial charge in [-0.25, -0.2) is 0 Å². The molecule has 1 N–H and O–H groups in total. The molecule has 1 aliphatic heterocycles. The van der Waals surface area contributed by atoms with Crippen molar-refractivity contribution in [2.75, 3.05) is 26.7 Å². The van der Waals surface area contributed by atoms with Crippen LogP contribution in [0.15, 0.2) is 0 Å². The first-order valence-corrected chi connectivity index (χ1v) is 6.50. The van der Waals surface area contributed by atoms with Crippen LogP contribution < -0.4 is 0 Å². The third-order valence-corrected chi connectivity index (χ3v) is 4.21. The highest BCUT2D eigenvalue weighted by atomic mass is 16.3. The van der Waals surface area contributed by atoms with Gasteiger partial charge in [0.15, 0.2) is 0 Å². The van der Waals surface area contributed by atoms with Gasteiger partial charge in [-0.05, 0) is 40.7 Å². The van der Waals surface area contributed by atoms with Crippen molar-refractivity contribution >= 4 is 0 Å². The molecule has 0 amide bonds. The zero-order valence-electron chi connectivity index (χ0n) is 11.5. The van der Waals surface area contributed by atoms with Crippen LogP contribution in [-0.2, 0) is 0 Å². The molecule has 0 radical (unpaired) electrons. The Morgan fingerprint density at radius 2 is 2.06 bits per heavy atom. The molecule has 0 aromatic rings. The molecule has 0 aliphatic carbocycles. The fourth-order valence-electron chi connectivity index (χ4n) is 2.59. The maximum Gasteiger partial charge on any atom is 0.0446 e. The van der Waals surface area contributed by atoms with Crippen molar-refractivity contribution in [3.63, 3.8) is 0 Å². The molecule has 0 saturated carbocycles. The smallest absolute Gasteiger partial charge is 0.0446 e. The van der Waals surface area contributed by atoms with Crippen LogP contribution in [0.25, 0.3) is 0 Å². The molecule has 0 spiro atoms. The summed E-state index contributed by atoms with van der Waals surface area (Å²) < 4.78 is 0. The molecule has 2 unspecified atom stereocenters. The number of hydrogen-bond acceptors (Lipinski definition) is 3. The first-order chi connectivity index (χ1) is 7.42. The fraction of sp³-hybridized carbons (Fsp3) is 1.00. The minimum absolute atomic E-state index is 0.210. The van der Waals surface area contributed by atoms with E-state index in [1.165, 1.54) is 6.42 Å². The zero-order valence-corrected chi connectivity index (χ0v) is 11.5. The Morgan fingerprint density at radius 3 is 2.56 bits per heavy atom. The highest BCUT2D eigenvalue weighted by Gasteiger charge is 2.38. The third kappa shape index (κ3) is 2.96. The second-order valence-corrected chi connectivity index (χ2v) is 5.78. The summed E-state index contributed by atoms with van der Waals surface area (Å²) in [4.78, 5) is 5.00. The van der Waals surface area contributed by atoms with E-state index in [0.717, 1.165) is 19.5 Å². The lowest BCUT2D eigenvalue weighted by molar-refractivity contribution is -0.0295. The van der Waals surface area contributed by atoms with Gasteiger partial charge >= 0.3 is 0 Å². The van der Waals surface area contributed by atoms with Gasteiger partial charge in [0.25, 0.3) is 0 Å². The molecule has 0 bridgehead atoms. The highest BCUT2D eigenvalue weighted by molar-refractivity contribution is 4.94. The lowest BCUT2D eigenvalue weighted by atomic mass is 9.93. The average Bonchev–Trinajstić information content (AvgIpc) is 2.23. The van der Waals surface area contributed by atoms with Crippen LogP contribution in [0.2, 0.25) is 0 Å². The molecule has 0 aromatic heterocycles. The molecule has 16 heavy (non-hydrogen) atoms. The van der Waals surface area contributed by atoms with Gasteiger partial charge in [-0.15, -0.1) is 0 Å². The minimum atomic E-state index is 0.210. The van der Waals surface area contributed by atoms with Gasteiger partial charge in [0.1, 0.15) is 0 Å². The number of hydrogen-bond donors (Lipinski definition) is 1. The molecule has 1 fully saturated rings. The highest BCUT2D eigenvalue weighted by Crippen LogP contribution is 2.26. The SMILES string of the molecule is CCC(C)N1CC(CCO)N(C)C(C)(C)C1. The fourth-order valence-corrected chi connectivity index (χ4v) is 2.59. The van der Waals surface area contributed by atoms with Crippen LogP contribution in [0.4, 0.5) is 0 Å². The molecule has 2 atom stereocenters. The summed E-state index contributed by atoms with van der Waals surface area (Å²) in [6, 6.07) is 1.14. The molecule has 1 aliphatic rings. The number of piperazine rings is 1. The Hall–Kier alpha value is -0.120. The monoisotopic (exact) mass is 228 g/mol. The normalized spacial score (nSPS) is 29.2. The second kappa shape index (κ2) is 5.48. The predicted molar refractivity (Wildman–Crippen MR) is 68.7 cm³/mol. The molecule has 1 saturated heterocycles. The van der Waals surface area contributed by atoms with Gasteiger partial charge in [0, 0.05) is 37.3 Å². The van der Waals surface area contributed by atoms with E-state index in [1.807, 2.05) is 0 Å². The molecular formula is C13H28N2O. The predicted octanol–water partition coefficient (Wildman–Crippen LogP) is 1.56. The van der Waals surface area contributed by atoms with Crippen LogP contribution >= 0.6 is 0 Å². The Balaban J connectivity index is 2.73. The van der Waals surface area contributed by atoms with Gasteiger partial charge in [0.05, 0.1) is 0 Å². The maximum atomic E-state index is 9.14. The van der Waals surface area contributed by atoms with Gasteiger partial charge in [-0.1, -0.05) is 6.92 Å². The minimum Gasteiger partial charge on any atom is -0.396 e. The van der Waals surface area contributed by atoms with Gasteiger partial charge in [-0.2, -0.15) is 0 Å². The average molecular weight is 228 g/mol. The molecule has 1 heterocycles. The Kier molecular flexibility index (Phi) is 4.77. The van der Waals surface area contributed by atoms with Crippen molar-refractivity contribution in [3.05, 3.63) is 0 Å². The van der Waals surface area contributed by atoms with Gasteiger partial charge in [0.2, 0.25) is 0 Å². The van der Waals surface area contributed by atoms with Crippen molar-refractivity contribution in [2.45, 2.75) is 58.2 Å². The van der Waals surface area contributed by atoms with Crippen molar-refractivity contribution in [2.24, 2.45) is 0 Å². The van der Waals surface area contributed by atoms with Crippen LogP contribution in [-0.4, -0.2) is 59.3 Å². The summed E-state index contributed by atoms with van der Waals surface area (Å²) in [5, 5.41) is 9.14. The molecule has 3 heteroatoms. The van der Waals surface area contributed by atoms with E-state index < -0.39 is 0 Å². The van der Waals surface area contributed by atoms with Crippen LogP contribution in [0.1, 0.15) is 40.5 Å². The number of nitrogens with zero attached hydrogens (tertiary/aromatic N) is 2. The molecule has 96 valence electrons. The van der Waals surface area contributed by atoms with Gasteiger partial charge < -0.3 is 5.11 Å². The number of aliphatic hydroxyl groups is 1. The summed E-state index contributed by atoms with van der Waals surface area (Å²) >= 11 is 0. The van der Waals surface area contributed by atoms with Crippen LogP contribution in [0.5, 0.6) is 0 Å². The number of aliphatic hydroxyl groups excluding tert-OH is 1. The van der Waals surface area contributed by atoms with E-state index >= 15 is 0 Å². The summed E-state index contributed by atoms with van der Waals surface area (Å²) in [6.07, 6.45) is 2.08. The van der Waals surface area contributed by atoms with Crippen LogP contribution in [0.3, 0.4) is 0 Å². The Bertz CT molecular complexity index is 218. The van der Waals surface area contributed by atoms with E-state index in [1.54, 1.807) is 0 Å². The molecule has 0 aromatic carbocycles. The summed E-state index contributed by atoms with van der Waals surface area (Å²) in [7, 11) is 2.19. The van der Waals surface area contributed by atoms with Crippen molar-refractivity contribution in [3.8, 4) is 0 Å². The van der Waals surface area contributed by atoms with Crippen molar-refractivity contribution in [1.82, 2.24) is 9.80 Å². The first kappa shape index (κ1) is 13.9. The standard InChI is InChI=1S/C13H28N2O/c1-6-11(2)15-9-12(7-8-16)14(5)13(3,4)10-15/h11-12,16H,6-10H2,1-5H3. The van der Waals surface area contributed by atoms with Gasteiger partial charge in [-0.3, -0.25) is 9.80 Å². The first-order valence-electron chi connectivity index (χ1n) is 6.50. The molecular weight excluding hydrogens is 200 g/mol. The van der Waals surface area contributed by atoms with Crippen LogP contribution in [0, 0.1) is 0 Å². The van der Waals surface area contributed by atoms with Crippen molar-refractivity contribution in [1.29, 1.82) is 0 Å². The largest absolute Gasteiger partial charge is 0.396 e. The Labute approximate surface area is 100 Å². The zero-order chi connectivity index (χ0) is 12.3. The Morgan fingerprint density at radius 1 is 1.44 bits per heavy atom. The topological polar surface area (TPSA) is 26.7 Å². The third-order valence-electron chi connectivity index (χ3n) is 4.21. The molecule has 3 nitrogen and oxygen atoms in total. The summed E-state index contributed by atoms with van der Waals surface area (Å²) in [5.74, 6) is 0. The quantitative estimate of drug-likeness (QED) is 0.791. The summed E-state index contributed by atoms with van der Waals surface area (Å²) in [5.41, 5.74) is 0.210. The maximum absolute atomic E-state index is 9.14. The second-order valence-electron chi connectivity index (χ2n) is 5.78. The summed E-state index contributed by atoms with van der Waals surface area (Å²) in [6.45, 7) is 11.7. The van der Waals surface area contributed by atoms with E-state index in [9.17, 15) is 0 Å². The van der Waals surface area contributed by atoms with E-state index in [0.29, 0.717) is 18.7 Å². The lowest BCUT2D eigenvalue weighted by Crippen LogP contribution is -2.63. The van der Waals surface area contributed by atoms with E-state index in [-0.39, 0.29) is 5.54 Å². The number of rotatable bonds is 4. The van der Waals surface area contributed by atoms with Crippen molar-refractivity contribution < 1.29 is 5.11 Å².